The highest BCUT2D eigenvalue weighted by molar-refractivity contribution is 7.92. The molecule has 2 aromatic carbocycles. The van der Waals surface area contributed by atoms with Crippen molar-refractivity contribution < 1.29 is 22.7 Å². The first-order chi connectivity index (χ1) is 12.7. The number of nitrogens with one attached hydrogen (secondary N) is 1. The van der Waals surface area contributed by atoms with E-state index >= 15 is 0 Å². The van der Waals surface area contributed by atoms with Crippen LogP contribution in [0.2, 0.25) is 0 Å². The van der Waals surface area contributed by atoms with Gasteiger partial charge in [0.2, 0.25) is 0 Å². The van der Waals surface area contributed by atoms with Gasteiger partial charge >= 0.3 is 0 Å². The molecule has 0 unspecified atom stereocenters. The highest BCUT2D eigenvalue weighted by Crippen LogP contribution is 2.29. The van der Waals surface area contributed by atoms with E-state index in [-0.39, 0.29) is 16.1 Å². The highest BCUT2D eigenvalue weighted by Gasteiger charge is 2.19. The number of aryl methyl sites for hydroxylation is 1. The number of amides is 1. The van der Waals surface area contributed by atoms with Crippen molar-refractivity contribution in [3.8, 4) is 11.5 Å². The third-order valence-corrected chi connectivity index (χ3v) is 5.52. The Morgan fingerprint density at radius 2 is 1.70 bits per heavy atom. The third-order valence-electron chi connectivity index (χ3n) is 4.14. The van der Waals surface area contributed by atoms with Crippen LogP contribution in [0.3, 0.4) is 0 Å². The largest absolute Gasteiger partial charge is 0.497 e. The molecule has 3 aromatic rings. The minimum absolute atomic E-state index is 0.00508. The molecule has 0 saturated heterocycles. The number of nitrogens with two attached hydrogens (primary N) is 1. The number of hydrogen-bond acceptors (Lipinski definition) is 5. The van der Waals surface area contributed by atoms with E-state index in [0.717, 1.165) is 0 Å². The summed E-state index contributed by atoms with van der Waals surface area (Å²) in [6.45, 7) is 0. The van der Waals surface area contributed by atoms with E-state index in [1.165, 1.54) is 38.5 Å². The number of ether oxygens (including phenoxy) is 2. The van der Waals surface area contributed by atoms with Gasteiger partial charge < -0.3 is 19.8 Å². The van der Waals surface area contributed by atoms with Gasteiger partial charge in [-0.25, -0.2) is 8.42 Å². The molecule has 142 valence electrons. The van der Waals surface area contributed by atoms with E-state index in [2.05, 4.69) is 4.72 Å². The van der Waals surface area contributed by atoms with E-state index in [9.17, 15) is 13.2 Å². The van der Waals surface area contributed by atoms with Crippen molar-refractivity contribution in [3.05, 3.63) is 48.2 Å². The molecule has 1 amide bonds. The Balaban J connectivity index is 2.05. The number of primary amides is 1. The molecule has 3 N–H and O–H groups in total. The number of sulfonamides is 1. The number of fused-ring (bicyclic) bond motifs is 1. The summed E-state index contributed by atoms with van der Waals surface area (Å²) in [5.74, 6) is 0.267. The highest BCUT2D eigenvalue weighted by atomic mass is 32.2. The molecule has 0 spiro atoms. The summed E-state index contributed by atoms with van der Waals surface area (Å²) in [6.07, 6.45) is 1.57. The molecule has 0 saturated carbocycles. The second kappa shape index (κ2) is 6.84. The first-order valence-corrected chi connectivity index (χ1v) is 9.38. The molecule has 0 aliphatic rings. The molecule has 1 aromatic heterocycles. The Morgan fingerprint density at radius 3 is 2.26 bits per heavy atom. The molecule has 0 atom stereocenters. The number of methoxy groups -OCH3 is 2. The quantitative estimate of drug-likeness (QED) is 0.670. The molecule has 0 fully saturated rings. The van der Waals surface area contributed by atoms with E-state index in [1.54, 1.807) is 29.9 Å². The Bertz CT molecular complexity index is 1110. The lowest BCUT2D eigenvalue weighted by Crippen LogP contribution is -2.13. The lowest BCUT2D eigenvalue weighted by molar-refractivity contribution is 0.100. The van der Waals surface area contributed by atoms with Crippen LogP contribution in [0, 0.1) is 0 Å². The smallest absolute Gasteiger partial charge is 0.261 e. The fourth-order valence-electron chi connectivity index (χ4n) is 2.82. The van der Waals surface area contributed by atoms with Gasteiger partial charge in [-0.1, -0.05) is 0 Å². The number of aromatic nitrogens is 1. The average molecular weight is 389 g/mol. The van der Waals surface area contributed by atoms with Crippen molar-refractivity contribution in [1.29, 1.82) is 0 Å². The van der Waals surface area contributed by atoms with Crippen LogP contribution in [-0.2, 0) is 17.1 Å². The van der Waals surface area contributed by atoms with Crippen molar-refractivity contribution >= 4 is 32.5 Å². The monoisotopic (exact) mass is 389 g/mol. The topological polar surface area (TPSA) is 113 Å². The van der Waals surface area contributed by atoms with Gasteiger partial charge in [0.25, 0.3) is 15.9 Å². The van der Waals surface area contributed by atoms with Crippen molar-refractivity contribution in [2.45, 2.75) is 4.90 Å². The average Bonchev–Trinajstić information content (AvgIpc) is 2.97. The van der Waals surface area contributed by atoms with Gasteiger partial charge in [-0.15, -0.1) is 0 Å². The van der Waals surface area contributed by atoms with Crippen molar-refractivity contribution in [3.63, 3.8) is 0 Å². The molecular formula is C18H19N3O5S. The number of carbonyl (C=O) groups is 1. The van der Waals surface area contributed by atoms with Crippen LogP contribution in [-0.4, -0.2) is 33.1 Å². The second-order valence-corrected chi connectivity index (χ2v) is 7.59. The van der Waals surface area contributed by atoms with Gasteiger partial charge in [-0.3, -0.25) is 9.52 Å². The maximum atomic E-state index is 12.8. The molecule has 8 nitrogen and oxygen atoms in total. The fourth-order valence-corrected chi connectivity index (χ4v) is 3.88. The summed E-state index contributed by atoms with van der Waals surface area (Å²) < 4.78 is 40.1. The second-order valence-electron chi connectivity index (χ2n) is 5.90. The SMILES string of the molecule is COc1cc(NS(=O)(=O)c2ccc3c(c2)c(C(N)=O)cn3C)cc(OC)c1. The van der Waals surface area contributed by atoms with Crippen LogP contribution in [0.5, 0.6) is 11.5 Å². The van der Waals surface area contributed by atoms with E-state index in [4.69, 9.17) is 15.2 Å². The molecule has 3 rings (SSSR count). The summed E-state index contributed by atoms with van der Waals surface area (Å²) in [6, 6.07) is 9.23. The van der Waals surface area contributed by atoms with Gasteiger partial charge in [0, 0.05) is 42.3 Å². The van der Waals surface area contributed by atoms with E-state index < -0.39 is 15.9 Å². The fraction of sp³-hybridized carbons (Fsp3) is 0.167. The number of benzene rings is 2. The zero-order valence-electron chi connectivity index (χ0n) is 15.0. The predicted molar refractivity (Wildman–Crippen MR) is 102 cm³/mol. The summed E-state index contributed by atoms with van der Waals surface area (Å²) in [7, 11) is 0.791. The van der Waals surface area contributed by atoms with E-state index in [1.807, 2.05) is 0 Å². The zero-order valence-corrected chi connectivity index (χ0v) is 15.8. The summed E-state index contributed by atoms with van der Waals surface area (Å²) in [5.41, 5.74) is 6.64. The van der Waals surface area contributed by atoms with Gasteiger partial charge in [0.15, 0.2) is 0 Å². The maximum Gasteiger partial charge on any atom is 0.261 e. The number of rotatable bonds is 6. The minimum Gasteiger partial charge on any atom is -0.497 e. The first kappa shape index (κ1) is 18.6. The van der Waals surface area contributed by atoms with Crippen molar-refractivity contribution in [2.75, 3.05) is 18.9 Å². The summed E-state index contributed by atoms with van der Waals surface area (Å²) in [4.78, 5) is 11.6. The Hall–Kier alpha value is -3.20. The van der Waals surface area contributed by atoms with Gasteiger partial charge in [0.05, 0.1) is 30.4 Å². The maximum absolute atomic E-state index is 12.8. The number of hydrogen-bond donors (Lipinski definition) is 2. The lowest BCUT2D eigenvalue weighted by atomic mass is 10.2. The van der Waals surface area contributed by atoms with Gasteiger partial charge in [-0.05, 0) is 18.2 Å². The zero-order chi connectivity index (χ0) is 19.8. The molecule has 0 bridgehead atoms. The number of anilines is 1. The van der Waals surface area contributed by atoms with Gasteiger partial charge in [-0.2, -0.15) is 0 Å². The van der Waals surface area contributed by atoms with Crippen LogP contribution in [0.4, 0.5) is 5.69 Å². The number of nitrogens with zero attached hydrogens (tertiary/aromatic N) is 1. The van der Waals surface area contributed by atoms with Crippen LogP contribution in [0.25, 0.3) is 10.9 Å². The molecule has 1 heterocycles. The number of carbonyl (C=O) groups excluding carboxylic acids is 1. The molecular weight excluding hydrogens is 370 g/mol. The normalized spacial score (nSPS) is 11.4. The first-order valence-electron chi connectivity index (χ1n) is 7.90. The Labute approximate surface area is 156 Å². The van der Waals surface area contributed by atoms with Crippen LogP contribution < -0.4 is 19.9 Å². The summed E-state index contributed by atoms with van der Waals surface area (Å²) in [5, 5.41) is 0.469. The standard InChI is InChI=1S/C18H19N3O5S/c1-21-10-16(18(19)22)15-9-14(4-5-17(15)21)27(23,24)20-11-6-12(25-2)8-13(7-11)26-3/h4-10,20H,1-3H3,(H2,19,22). The molecule has 0 aliphatic heterocycles. The van der Waals surface area contributed by atoms with Crippen LogP contribution >= 0.6 is 0 Å². The molecule has 27 heavy (non-hydrogen) atoms. The molecule has 9 heteroatoms. The van der Waals surface area contributed by atoms with Crippen LogP contribution in [0.1, 0.15) is 10.4 Å². The Kier molecular flexibility index (Phi) is 4.71. The van der Waals surface area contributed by atoms with Gasteiger partial charge in [0.1, 0.15) is 11.5 Å². The molecule has 0 aliphatic carbocycles. The molecule has 0 radical (unpaired) electrons. The predicted octanol–water partition coefficient (Wildman–Crippen LogP) is 2.10. The van der Waals surface area contributed by atoms with E-state index in [0.29, 0.717) is 22.4 Å². The van der Waals surface area contributed by atoms with Crippen molar-refractivity contribution in [2.24, 2.45) is 12.8 Å². The third kappa shape index (κ3) is 3.54. The minimum atomic E-state index is -3.91. The lowest BCUT2D eigenvalue weighted by Gasteiger charge is -2.12. The van der Waals surface area contributed by atoms with Crippen molar-refractivity contribution in [1.82, 2.24) is 4.57 Å². The Morgan fingerprint density at radius 1 is 1.07 bits per heavy atom. The van der Waals surface area contributed by atoms with Crippen LogP contribution in [0.15, 0.2) is 47.5 Å². The summed E-state index contributed by atoms with van der Waals surface area (Å²) >= 11 is 0.